The molecule has 1 fully saturated rings. The fourth-order valence-electron chi connectivity index (χ4n) is 4.86. The number of nitrogens with zero attached hydrogens (tertiary/aromatic N) is 4. The maximum absolute atomic E-state index is 13.7. The predicted molar refractivity (Wildman–Crippen MR) is 110 cm³/mol. The maximum Gasteiger partial charge on any atom is 0.255 e. The Morgan fingerprint density at radius 3 is 2.81 bits per heavy atom. The molecule has 3 aromatic rings. The highest BCUT2D eigenvalue weighted by molar-refractivity contribution is 6.02. The molecule has 3 aliphatic heterocycles. The number of rotatable bonds is 2. The number of amides is 1. The zero-order valence-electron chi connectivity index (χ0n) is 17.0. The third-order valence-electron chi connectivity index (χ3n) is 6.40. The molecule has 0 unspecified atom stereocenters. The number of hydrogen-bond acceptors (Lipinski definition) is 8. The Kier molecular flexibility index (Phi) is 4.09. The molecule has 0 saturated carbocycles. The van der Waals surface area contributed by atoms with Gasteiger partial charge in [0, 0.05) is 22.6 Å². The van der Waals surface area contributed by atoms with E-state index in [-0.39, 0.29) is 18.0 Å². The van der Waals surface area contributed by atoms with Crippen LogP contribution in [0.15, 0.2) is 24.3 Å². The number of morpholine rings is 1. The minimum Gasteiger partial charge on any atom is -0.480 e. The van der Waals surface area contributed by atoms with Gasteiger partial charge in [-0.25, -0.2) is 4.98 Å². The number of methoxy groups -OCH3 is 1. The molecule has 1 saturated heterocycles. The second-order valence-electron chi connectivity index (χ2n) is 8.10. The van der Waals surface area contributed by atoms with Gasteiger partial charge in [-0.3, -0.25) is 4.79 Å². The quantitative estimate of drug-likeness (QED) is 0.669. The summed E-state index contributed by atoms with van der Waals surface area (Å²) >= 11 is 0. The summed E-state index contributed by atoms with van der Waals surface area (Å²) in [5.74, 6) is 0.910. The van der Waals surface area contributed by atoms with Crippen molar-refractivity contribution in [3.05, 3.63) is 52.2 Å². The van der Waals surface area contributed by atoms with E-state index in [0.717, 1.165) is 27.6 Å². The monoisotopic (exact) mass is 419 g/mol. The maximum atomic E-state index is 13.7. The van der Waals surface area contributed by atoms with Crippen molar-refractivity contribution in [2.45, 2.75) is 31.7 Å². The van der Waals surface area contributed by atoms with Gasteiger partial charge >= 0.3 is 0 Å². The summed E-state index contributed by atoms with van der Waals surface area (Å²) in [7, 11) is 1.54. The number of benzene rings is 1. The second kappa shape index (κ2) is 6.86. The zero-order chi connectivity index (χ0) is 21.1. The summed E-state index contributed by atoms with van der Waals surface area (Å²) in [6.45, 7) is 1.80. The fourth-order valence-corrected chi connectivity index (χ4v) is 4.86. The highest BCUT2D eigenvalue weighted by Crippen LogP contribution is 2.38. The first-order valence-electron chi connectivity index (χ1n) is 10.2. The Labute approximate surface area is 178 Å². The highest BCUT2D eigenvalue weighted by atomic mass is 16.5. The van der Waals surface area contributed by atoms with Gasteiger partial charge in [0.1, 0.15) is 5.82 Å². The van der Waals surface area contributed by atoms with Crippen molar-refractivity contribution in [1.29, 1.82) is 0 Å². The van der Waals surface area contributed by atoms with E-state index in [1.807, 2.05) is 23.1 Å². The second-order valence-corrected chi connectivity index (χ2v) is 8.10. The van der Waals surface area contributed by atoms with Crippen LogP contribution in [-0.2, 0) is 29.1 Å². The average molecular weight is 419 g/mol. The predicted octanol–water partition coefficient (Wildman–Crippen LogP) is 1.78. The molecular weight excluding hydrogens is 398 g/mol. The van der Waals surface area contributed by atoms with Crippen LogP contribution in [0.3, 0.4) is 0 Å². The van der Waals surface area contributed by atoms with Crippen molar-refractivity contribution in [1.82, 2.24) is 20.1 Å². The summed E-state index contributed by atoms with van der Waals surface area (Å²) < 4.78 is 16.6. The summed E-state index contributed by atoms with van der Waals surface area (Å²) in [5, 5.41) is 9.27. The van der Waals surface area contributed by atoms with Crippen molar-refractivity contribution < 1.29 is 19.0 Å². The van der Waals surface area contributed by atoms with Crippen LogP contribution in [0.25, 0.3) is 10.9 Å². The number of hydrogen-bond donors (Lipinski definition) is 1. The van der Waals surface area contributed by atoms with Crippen LogP contribution >= 0.6 is 0 Å². The smallest absolute Gasteiger partial charge is 0.255 e. The number of fused-ring (bicyclic) bond motifs is 5. The molecule has 1 aromatic carbocycles. The van der Waals surface area contributed by atoms with E-state index in [1.54, 1.807) is 13.2 Å². The van der Waals surface area contributed by atoms with Gasteiger partial charge < -0.3 is 24.8 Å². The Hall–Kier alpha value is -3.30. The fraction of sp³-hybridized carbons (Fsp3) is 0.364. The van der Waals surface area contributed by atoms with Gasteiger partial charge in [-0.1, -0.05) is 0 Å². The van der Waals surface area contributed by atoms with E-state index in [1.165, 1.54) is 0 Å². The normalized spacial score (nSPS) is 22.2. The topological polar surface area (TPSA) is 113 Å². The van der Waals surface area contributed by atoms with Gasteiger partial charge in [-0.05, 0) is 35.7 Å². The Bertz CT molecular complexity index is 1210. The Morgan fingerprint density at radius 2 is 2.00 bits per heavy atom. The van der Waals surface area contributed by atoms with Gasteiger partial charge in [0.2, 0.25) is 5.88 Å². The minimum atomic E-state index is -0.299. The van der Waals surface area contributed by atoms with Crippen LogP contribution in [0, 0.1) is 0 Å². The lowest BCUT2D eigenvalue weighted by Crippen LogP contribution is -2.54. The van der Waals surface area contributed by atoms with Crippen molar-refractivity contribution in [3.63, 3.8) is 0 Å². The van der Waals surface area contributed by atoms with Crippen LogP contribution in [-0.4, -0.2) is 52.4 Å². The molecule has 31 heavy (non-hydrogen) atoms. The molecule has 2 N–H and O–H groups in total. The number of nitrogen functional groups attached to an aromatic ring is 1. The minimum absolute atomic E-state index is 0.0245. The number of pyridine rings is 1. The molecule has 2 atom stereocenters. The number of aromatic nitrogens is 3. The summed E-state index contributed by atoms with van der Waals surface area (Å²) in [4.78, 5) is 20.2. The van der Waals surface area contributed by atoms with Gasteiger partial charge in [0.15, 0.2) is 0 Å². The first-order chi connectivity index (χ1) is 15.1. The molecule has 9 heteroatoms. The molecule has 5 heterocycles. The molecule has 1 amide bonds. The Balaban J connectivity index is 1.44. The first-order valence-corrected chi connectivity index (χ1v) is 10.2. The van der Waals surface area contributed by atoms with E-state index in [4.69, 9.17) is 19.9 Å². The van der Waals surface area contributed by atoms with E-state index in [2.05, 4.69) is 15.2 Å². The van der Waals surface area contributed by atoms with Gasteiger partial charge in [-0.2, -0.15) is 0 Å². The number of ether oxygens (including phenoxy) is 3. The lowest BCUT2D eigenvalue weighted by Gasteiger charge is -2.44. The molecule has 158 valence electrons. The van der Waals surface area contributed by atoms with Gasteiger partial charge in [-0.15, -0.1) is 10.2 Å². The van der Waals surface area contributed by atoms with Crippen LogP contribution < -0.4 is 10.5 Å². The van der Waals surface area contributed by atoms with Crippen LogP contribution in [0.2, 0.25) is 0 Å². The van der Waals surface area contributed by atoms with Crippen molar-refractivity contribution >= 4 is 22.6 Å². The molecule has 0 bridgehead atoms. The molecule has 6 rings (SSSR count). The van der Waals surface area contributed by atoms with E-state index in [9.17, 15) is 4.79 Å². The van der Waals surface area contributed by atoms with Crippen LogP contribution in [0.1, 0.15) is 38.8 Å². The lowest BCUT2D eigenvalue weighted by molar-refractivity contribution is -0.0412. The summed E-state index contributed by atoms with van der Waals surface area (Å²) in [6, 6.07) is 7.16. The molecular formula is C22H21N5O4. The third kappa shape index (κ3) is 2.77. The highest BCUT2D eigenvalue weighted by Gasteiger charge is 2.41. The molecule has 0 radical (unpaired) electrons. The van der Waals surface area contributed by atoms with Crippen molar-refractivity contribution in [3.8, 4) is 5.88 Å². The molecule has 9 nitrogen and oxygen atoms in total. The molecule has 0 spiro atoms. The number of carbonyl (C=O) groups is 1. The standard InChI is InChI=1S/C22H21N5O4/c1-29-20-3-2-17(25-26-20)19-10-30-7-12-4-11-5-18-14(6-13(11)22(28)27(12)19)15-8-31-9-16(15)21(23)24-18/h2-3,5-6,12,19H,4,7-10H2,1H3,(H2,23,24)/t12-,19-/m1/s1. The summed E-state index contributed by atoms with van der Waals surface area (Å²) in [6.07, 6.45) is 0.687. The Morgan fingerprint density at radius 1 is 1.13 bits per heavy atom. The molecule has 2 aromatic heterocycles. The first kappa shape index (κ1) is 18.5. The SMILES string of the molecule is COc1ccc([C@H]2COC[C@H]3Cc4cc5nc(N)c6c(c5cc4C(=O)N32)COC6)nn1. The summed E-state index contributed by atoms with van der Waals surface area (Å²) in [5.41, 5.74) is 11.2. The van der Waals surface area contributed by atoms with E-state index in [0.29, 0.717) is 55.8 Å². The van der Waals surface area contributed by atoms with E-state index < -0.39 is 0 Å². The molecule has 3 aliphatic rings. The number of nitrogens with two attached hydrogens (primary N) is 1. The number of anilines is 1. The van der Waals surface area contributed by atoms with Crippen LogP contribution in [0.4, 0.5) is 5.82 Å². The lowest BCUT2D eigenvalue weighted by atomic mass is 9.88. The van der Waals surface area contributed by atoms with Gasteiger partial charge in [0.25, 0.3) is 5.91 Å². The largest absolute Gasteiger partial charge is 0.480 e. The van der Waals surface area contributed by atoms with Gasteiger partial charge in [0.05, 0.1) is 56.8 Å². The van der Waals surface area contributed by atoms with Crippen molar-refractivity contribution in [2.75, 3.05) is 26.1 Å². The number of carbonyl (C=O) groups excluding carboxylic acids is 1. The zero-order valence-corrected chi connectivity index (χ0v) is 17.0. The van der Waals surface area contributed by atoms with Crippen LogP contribution in [0.5, 0.6) is 5.88 Å². The molecule has 0 aliphatic carbocycles. The van der Waals surface area contributed by atoms with Crippen molar-refractivity contribution in [2.24, 2.45) is 0 Å². The average Bonchev–Trinajstić information content (AvgIpc) is 3.29. The third-order valence-corrected chi connectivity index (χ3v) is 6.40. The van der Waals surface area contributed by atoms with E-state index >= 15 is 0 Å².